The van der Waals surface area contributed by atoms with Crippen LogP contribution in [0.25, 0.3) is 10.2 Å². The molecule has 1 aromatic carbocycles. The van der Waals surface area contributed by atoms with Gasteiger partial charge in [-0.05, 0) is 31.9 Å². The molecular weight excluding hydrogens is 296 g/mol. The smallest absolute Gasteiger partial charge is 0.298 e. The monoisotopic (exact) mass is 314 g/mol. The molecule has 0 aliphatic rings. The number of hydrogen-bond acceptors (Lipinski definition) is 3. The average molecular weight is 314 g/mol. The quantitative estimate of drug-likeness (QED) is 0.693. The molecule has 0 saturated carbocycles. The van der Waals surface area contributed by atoms with E-state index in [-0.39, 0.29) is 5.91 Å². The molecule has 2 heterocycles. The molecule has 0 spiro atoms. The van der Waals surface area contributed by atoms with Crippen LogP contribution in [-0.4, -0.2) is 20.3 Å². The summed E-state index contributed by atoms with van der Waals surface area (Å²) in [5.74, 6) is -0.255. The van der Waals surface area contributed by atoms with E-state index in [1.165, 1.54) is 15.8 Å². The molecule has 0 fully saturated rings. The first-order chi connectivity index (χ1) is 10.4. The predicted molar refractivity (Wildman–Crippen MR) is 88.1 cm³/mol. The zero-order valence-corrected chi connectivity index (χ0v) is 14.2. The normalized spacial score (nSPS) is 12.3. The Hall–Kier alpha value is -2.21. The van der Waals surface area contributed by atoms with E-state index < -0.39 is 0 Å². The highest BCUT2D eigenvalue weighted by Crippen LogP contribution is 2.24. The largest absolute Gasteiger partial charge is 0.319 e. The lowest BCUT2D eigenvalue weighted by Crippen LogP contribution is -2.15. The molecule has 0 unspecified atom stereocenters. The van der Waals surface area contributed by atoms with E-state index in [0.29, 0.717) is 10.5 Å². The Morgan fingerprint density at radius 1 is 1.14 bits per heavy atom. The molecule has 0 bridgehead atoms. The van der Waals surface area contributed by atoms with Crippen LogP contribution in [-0.2, 0) is 14.1 Å². The number of fused-ring (bicyclic) bond motifs is 1. The lowest BCUT2D eigenvalue weighted by Gasteiger charge is -2.02. The van der Waals surface area contributed by atoms with E-state index in [1.54, 1.807) is 29.3 Å². The van der Waals surface area contributed by atoms with E-state index in [9.17, 15) is 4.79 Å². The van der Waals surface area contributed by atoms with Crippen LogP contribution in [0.2, 0.25) is 0 Å². The molecule has 2 aromatic heterocycles. The van der Waals surface area contributed by atoms with Crippen molar-refractivity contribution in [2.45, 2.75) is 20.8 Å². The van der Waals surface area contributed by atoms with Gasteiger partial charge in [-0.15, -0.1) is 0 Å². The summed E-state index contributed by atoms with van der Waals surface area (Å²) in [5.41, 5.74) is 4.90. The standard InChI is InChI=1S/C16H18N4OS/c1-9-6-7-10(2)14-12(9)19(4)16(22-14)18-15(21)13-11(3)8-17-20(13)5/h6-8H,1-5H3. The molecular formula is C16H18N4OS. The van der Waals surface area contributed by atoms with E-state index >= 15 is 0 Å². The van der Waals surface area contributed by atoms with Gasteiger partial charge in [0.05, 0.1) is 16.4 Å². The van der Waals surface area contributed by atoms with Crippen molar-refractivity contribution in [3.8, 4) is 0 Å². The van der Waals surface area contributed by atoms with E-state index in [2.05, 4.69) is 36.1 Å². The number of carbonyl (C=O) groups excluding carboxylic acids is 1. The molecule has 22 heavy (non-hydrogen) atoms. The summed E-state index contributed by atoms with van der Waals surface area (Å²) in [6, 6.07) is 4.20. The summed E-state index contributed by atoms with van der Waals surface area (Å²) in [4.78, 5) is 17.5. The number of nitrogens with zero attached hydrogens (tertiary/aromatic N) is 4. The zero-order chi connectivity index (χ0) is 16.0. The first-order valence-corrected chi connectivity index (χ1v) is 7.85. The first-order valence-electron chi connectivity index (χ1n) is 7.03. The highest BCUT2D eigenvalue weighted by atomic mass is 32.1. The Morgan fingerprint density at radius 3 is 2.41 bits per heavy atom. The van der Waals surface area contributed by atoms with Crippen molar-refractivity contribution in [3.63, 3.8) is 0 Å². The van der Waals surface area contributed by atoms with E-state index in [0.717, 1.165) is 11.1 Å². The lowest BCUT2D eigenvalue weighted by atomic mass is 10.1. The highest BCUT2D eigenvalue weighted by Gasteiger charge is 2.15. The molecule has 0 aliphatic heterocycles. The van der Waals surface area contributed by atoms with Gasteiger partial charge in [0.2, 0.25) is 0 Å². The van der Waals surface area contributed by atoms with E-state index in [1.807, 2.05) is 18.5 Å². The van der Waals surface area contributed by atoms with Gasteiger partial charge < -0.3 is 4.57 Å². The number of amides is 1. The number of aromatic nitrogens is 3. The molecule has 0 saturated heterocycles. The van der Waals surface area contributed by atoms with Crippen LogP contribution in [0.15, 0.2) is 23.3 Å². The van der Waals surface area contributed by atoms with Gasteiger partial charge in [-0.3, -0.25) is 9.48 Å². The summed E-state index contributed by atoms with van der Waals surface area (Å²) in [7, 11) is 3.71. The Bertz CT molecular complexity index is 939. The third kappa shape index (κ3) is 2.20. The fourth-order valence-corrected chi connectivity index (χ4v) is 3.83. The minimum atomic E-state index is -0.255. The Labute approximate surface area is 132 Å². The second-order valence-electron chi connectivity index (χ2n) is 5.54. The van der Waals surface area contributed by atoms with Crippen molar-refractivity contribution in [3.05, 3.63) is 45.5 Å². The molecule has 0 aliphatic carbocycles. The fraction of sp³-hybridized carbons (Fsp3) is 0.312. The van der Waals surface area contributed by atoms with Crippen LogP contribution in [0.4, 0.5) is 0 Å². The zero-order valence-electron chi connectivity index (χ0n) is 13.3. The third-order valence-electron chi connectivity index (χ3n) is 3.87. The molecule has 114 valence electrons. The SMILES string of the molecule is Cc1cnn(C)c1C(=O)N=c1sc2c(C)ccc(C)c2n1C. The molecule has 3 rings (SSSR count). The van der Waals surface area contributed by atoms with Crippen LogP contribution in [0.3, 0.4) is 0 Å². The number of rotatable bonds is 1. The Balaban J connectivity index is 2.23. The van der Waals surface area contributed by atoms with Crippen LogP contribution in [0.1, 0.15) is 27.2 Å². The summed E-state index contributed by atoms with van der Waals surface area (Å²) in [5, 5.41) is 4.10. The van der Waals surface area contributed by atoms with Gasteiger partial charge in [0.25, 0.3) is 5.91 Å². The maximum absolute atomic E-state index is 12.5. The summed E-state index contributed by atoms with van der Waals surface area (Å²) in [6.45, 7) is 6.02. The summed E-state index contributed by atoms with van der Waals surface area (Å²) >= 11 is 1.55. The molecule has 1 amide bonds. The van der Waals surface area contributed by atoms with Crippen molar-refractivity contribution in [2.75, 3.05) is 0 Å². The van der Waals surface area contributed by atoms with Gasteiger partial charge in [-0.1, -0.05) is 23.5 Å². The van der Waals surface area contributed by atoms with Gasteiger partial charge in [-0.25, -0.2) is 0 Å². The van der Waals surface area contributed by atoms with Crippen molar-refractivity contribution < 1.29 is 4.79 Å². The van der Waals surface area contributed by atoms with Gasteiger partial charge in [0.15, 0.2) is 4.80 Å². The molecule has 5 nitrogen and oxygen atoms in total. The maximum atomic E-state index is 12.5. The van der Waals surface area contributed by atoms with Crippen LogP contribution >= 0.6 is 11.3 Å². The van der Waals surface area contributed by atoms with Crippen molar-refractivity contribution in [2.24, 2.45) is 19.1 Å². The second kappa shape index (κ2) is 5.21. The van der Waals surface area contributed by atoms with Gasteiger partial charge in [0, 0.05) is 19.7 Å². The van der Waals surface area contributed by atoms with E-state index in [4.69, 9.17) is 0 Å². The minimum absolute atomic E-state index is 0.255. The summed E-state index contributed by atoms with van der Waals surface area (Å²) < 4.78 is 4.74. The number of aryl methyl sites for hydroxylation is 5. The molecule has 0 atom stereocenters. The maximum Gasteiger partial charge on any atom is 0.298 e. The predicted octanol–water partition coefficient (Wildman–Crippen LogP) is 2.64. The molecule has 6 heteroatoms. The topological polar surface area (TPSA) is 52.2 Å². The minimum Gasteiger partial charge on any atom is -0.319 e. The lowest BCUT2D eigenvalue weighted by molar-refractivity contribution is 0.0988. The Morgan fingerprint density at radius 2 is 1.82 bits per heavy atom. The first kappa shape index (κ1) is 14.7. The van der Waals surface area contributed by atoms with Crippen LogP contribution < -0.4 is 4.80 Å². The Kier molecular flexibility index (Phi) is 3.48. The molecule has 0 N–H and O–H groups in total. The van der Waals surface area contributed by atoms with Crippen LogP contribution in [0.5, 0.6) is 0 Å². The highest BCUT2D eigenvalue weighted by molar-refractivity contribution is 7.16. The number of carbonyl (C=O) groups is 1. The van der Waals surface area contributed by atoms with Gasteiger partial charge >= 0.3 is 0 Å². The van der Waals surface area contributed by atoms with Crippen molar-refractivity contribution >= 4 is 27.5 Å². The number of thiazole rings is 1. The van der Waals surface area contributed by atoms with Gasteiger partial charge in [-0.2, -0.15) is 10.1 Å². The van der Waals surface area contributed by atoms with Crippen LogP contribution in [0, 0.1) is 20.8 Å². The van der Waals surface area contributed by atoms with Crippen molar-refractivity contribution in [1.82, 2.24) is 14.3 Å². The third-order valence-corrected chi connectivity index (χ3v) is 5.13. The number of hydrogen-bond donors (Lipinski definition) is 0. The van der Waals surface area contributed by atoms with Gasteiger partial charge in [0.1, 0.15) is 5.69 Å². The van der Waals surface area contributed by atoms with Crippen molar-refractivity contribution in [1.29, 1.82) is 0 Å². The fourth-order valence-electron chi connectivity index (χ4n) is 2.66. The number of benzene rings is 1. The molecule has 0 radical (unpaired) electrons. The average Bonchev–Trinajstić information content (AvgIpc) is 2.96. The summed E-state index contributed by atoms with van der Waals surface area (Å²) in [6.07, 6.45) is 1.68. The second-order valence-corrected chi connectivity index (χ2v) is 6.52. The molecule has 3 aromatic rings.